The molecule has 1 aliphatic rings. The summed E-state index contributed by atoms with van der Waals surface area (Å²) in [6.07, 6.45) is 0.154. The van der Waals surface area contributed by atoms with E-state index in [0.29, 0.717) is 6.61 Å². The van der Waals surface area contributed by atoms with Crippen LogP contribution in [0.4, 0.5) is 0 Å². The van der Waals surface area contributed by atoms with Crippen molar-refractivity contribution in [2.24, 2.45) is 0 Å². The van der Waals surface area contributed by atoms with Crippen LogP contribution in [0.1, 0.15) is 17.2 Å². The van der Waals surface area contributed by atoms with Crippen LogP contribution in [0.25, 0.3) is 0 Å². The number of ether oxygens (including phenoxy) is 3. The van der Waals surface area contributed by atoms with E-state index in [-0.39, 0.29) is 6.10 Å². The summed E-state index contributed by atoms with van der Waals surface area (Å²) < 4.78 is 16.7. The second kappa shape index (κ2) is 5.33. The first-order valence-electron chi connectivity index (χ1n) is 6.33. The lowest BCUT2D eigenvalue weighted by Crippen LogP contribution is -2.00. The van der Waals surface area contributed by atoms with Crippen molar-refractivity contribution in [3.63, 3.8) is 0 Å². The average Bonchev–Trinajstić information content (AvgIpc) is 3.30. The SMILES string of the molecule is COc1cccc(C2CO2)c1OCc1ccccc1. The van der Waals surface area contributed by atoms with E-state index in [0.717, 1.165) is 29.2 Å². The Balaban J connectivity index is 1.82. The standard InChI is InChI=1S/C16H16O3/c1-17-14-9-5-8-13(15-11-18-15)16(14)19-10-12-6-3-2-4-7-12/h2-9,15H,10-11H2,1H3. The third kappa shape index (κ3) is 2.71. The van der Waals surface area contributed by atoms with Crippen LogP contribution in [0, 0.1) is 0 Å². The summed E-state index contributed by atoms with van der Waals surface area (Å²) in [7, 11) is 1.66. The molecule has 1 atom stereocenters. The molecular formula is C16H16O3. The lowest BCUT2D eigenvalue weighted by atomic mass is 10.1. The lowest BCUT2D eigenvalue weighted by molar-refractivity contribution is 0.277. The summed E-state index contributed by atoms with van der Waals surface area (Å²) in [6.45, 7) is 1.29. The van der Waals surface area contributed by atoms with Gasteiger partial charge in [-0.1, -0.05) is 42.5 Å². The van der Waals surface area contributed by atoms with E-state index in [9.17, 15) is 0 Å². The molecule has 3 nitrogen and oxygen atoms in total. The van der Waals surface area contributed by atoms with E-state index in [4.69, 9.17) is 14.2 Å². The molecule has 0 aromatic heterocycles. The topological polar surface area (TPSA) is 31.0 Å². The number of rotatable bonds is 5. The van der Waals surface area contributed by atoms with E-state index in [2.05, 4.69) is 0 Å². The summed E-state index contributed by atoms with van der Waals surface area (Å²) in [5.41, 5.74) is 2.20. The van der Waals surface area contributed by atoms with Crippen molar-refractivity contribution in [3.05, 3.63) is 59.7 Å². The minimum atomic E-state index is 0.154. The number of epoxide rings is 1. The Hall–Kier alpha value is -2.00. The Morgan fingerprint density at radius 3 is 2.58 bits per heavy atom. The maximum atomic E-state index is 5.94. The van der Waals surface area contributed by atoms with Gasteiger partial charge in [-0.3, -0.25) is 0 Å². The molecule has 3 rings (SSSR count). The molecule has 0 bridgehead atoms. The molecule has 0 amide bonds. The van der Waals surface area contributed by atoms with Crippen molar-refractivity contribution < 1.29 is 14.2 Å². The smallest absolute Gasteiger partial charge is 0.167 e. The van der Waals surface area contributed by atoms with Gasteiger partial charge < -0.3 is 14.2 Å². The van der Waals surface area contributed by atoms with Crippen LogP contribution in [-0.4, -0.2) is 13.7 Å². The Morgan fingerprint density at radius 2 is 1.89 bits per heavy atom. The quantitative estimate of drug-likeness (QED) is 0.769. The second-order valence-corrected chi connectivity index (χ2v) is 4.47. The molecule has 1 fully saturated rings. The van der Waals surface area contributed by atoms with Gasteiger partial charge in [-0.05, 0) is 11.6 Å². The van der Waals surface area contributed by atoms with Crippen LogP contribution in [-0.2, 0) is 11.3 Å². The van der Waals surface area contributed by atoms with Crippen molar-refractivity contribution in [2.75, 3.05) is 13.7 Å². The summed E-state index contributed by atoms with van der Waals surface area (Å²) in [6, 6.07) is 16.0. The Bertz CT molecular complexity index is 547. The molecule has 1 saturated heterocycles. The molecule has 3 heteroatoms. The predicted molar refractivity (Wildman–Crippen MR) is 72.5 cm³/mol. The van der Waals surface area contributed by atoms with Gasteiger partial charge in [-0.2, -0.15) is 0 Å². The highest BCUT2D eigenvalue weighted by Gasteiger charge is 2.29. The molecule has 0 N–H and O–H groups in total. The van der Waals surface area contributed by atoms with Crippen LogP contribution < -0.4 is 9.47 Å². The van der Waals surface area contributed by atoms with Crippen molar-refractivity contribution in [1.82, 2.24) is 0 Å². The third-order valence-electron chi connectivity index (χ3n) is 3.14. The summed E-state index contributed by atoms with van der Waals surface area (Å²) >= 11 is 0. The molecule has 0 saturated carbocycles. The zero-order valence-electron chi connectivity index (χ0n) is 10.8. The highest BCUT2D eigenvalue weighted by Crippen LogP contribution is 2.41. The van der Waals surface area contributed by atoms with Crippen LogP contribution in [0.5, 0.6) is 11.5 Å². The number of hydrogen-bond donors (Lipinski definition) is 0. The molecule has 0 aliphatic carbocycles. The zero-order valence-corrected chi connectivity index (χ0v) is 10.8. The number of methoxy groups -OCH3 is 1. The molecule has 0 radical (unpaired) electrons. The monoisotopic (exact) mass is 256 g/mol. The first-order valence-corrected chi connectivity index (χ1v) is 6.33. The highest BCUT2D eigenvalue weighted by molar-refractivity contribution is 5.48. The minimum Gasteiger partial charge on any atom is -0.493 e. The minimum absolute atomic E-state index is 0.154. The fraction of sp³-hybridized carbons (Fsp3) is 0.250. The molecule has 1 heterocycles. The van der Waals surface area contributed by atoms with Gasteiger partial charge >= 0.3 is 0 Å². The molecular weight excluding hydrogens is 240 g/mol. The summed E-state index contributed by atoms with van der Waals surface area (Å²) in [4.78, 5) is 0. The lowest BCUT2D eigenvalue weighted by Gasteiger charge is -2.14. The molecule has 1 aliphatic heterocycles. The summed E-state index contributed by atoms with van der Waals surface area (Å²) in [5.74, 6) is 1.54. The van der Waals surface area contributed by atoms with E-state index >= 15 is 0 Å². The average molecular weight is 256 g/mol. The maximum absolute atomic E-state index is 5.94. The predicted octanol–water partition coefficient (Wildman–Crippen LogP) is 3.35. The Labute approximate surface area is 112 Å². The van der Waals surface area contributed by atoms with Crippen LogP contribution in [0.3, 0.4) is 0 Å². The van der Waals surface area contributed by atoms with Gasteiger partial charge in [0.1, 0.15) is 12.7 Å². The fourth-order valence-electron chi connectivity index (χ4n) is 2.06. The van der Waals surface area contributed by atoms with Crippen LogP contribution in [0.15, 0.2) is 48.5 Å². The first kappa shape index (κ1) is 12.1. The molecule has 19 heavy (non-hydrogen) atoms. The van der Waals surface area contributed by atoms with Crippen molar-refractivity contribution in [1.29, 1.82) is 0 Å². The molecule has 0 spiro atoms. The molecule has 2 aromatic rings. The first-order chi connectivity index (χ1) is 9.38. The normalized spacial score (nSPS) is 17.0. The second-order valence-electron chi connectivity index (χ2n) is 4.47. The zero-order chi connectivity index (χ0) is 13.1. The van der Waals surface area contributed by atoms with E-state index in [1.54, 1.807) is 7.11 Å². The fourth-order valence-corrected chi connectivity index (χ4v) is 2.06. The molecule has 98 valence electrons. The molecule has 1 unspecified atom stereocenters. The van der Waals surface area contributed by atoms with Gasteiger partial charge in [0.25, 0.3) is 0 Å². The van der Waals surface area contributed by atoms with E-state index in [1.165, 1.54) is 0 Å². The van der Waals surface area contributed by atoms with E-state index in [1.807, 2.05) is 48.5 Å². The number of hydrogen-bond acceptors (Lipinski definition) is 3. The molecule has 2 aromatic carbocycles. The van der Waals surface area contributed by atoms with Gasteiger partial charge in [0.05, 0.1) is 13.7 Å². The van der Waals surface area contributed by atoms with Crippen LogP contribution in [0.2, 0.25) is 0 Å². The highest BCUT2D eigenvalue weighted by atomic mass is 16.6. The van der Waals surface area contributed by atoms with Gasteiger partial charge in [-0.25, -0.2) is 0 Å². The van der Waals surface area contributed by atoms with Gasteiger partial charge in [0, 0.05) is 5.56 Å². The summed E-state index contributed by atoms with van der Waals surface area (Å²) in [5, 5.41) is 0. The number of para-hydroxylation sites is 1. The van der Waals surface area contributed by atoms with Crippen molar-refractivity contribution in [3.8, 4) is 11.5 Å². The van der Waals surface area contributed by atoms with E-state index < -0.39 is 0 Å². The van der Waals surface area contributed by atoms with Crippen molar-refractivity contribution >= 4 is 0 Å². The maximum Gasteiger partial charge on any atom is 0.167 e. The van der Waals surface area contributed by atoms with Gasteiger partial charge in [0.15, 0.2) is 11.5 Å². The van der Waals surface area contributed by atoms with Gasteiger partial charge in [-0.15, -0.1) is 0 Å². The largest absolute Gasteiger partial charge is 0.493 e. The third-order valence-corrected chi connectivity index (χ3v) is 3.14. The Morgan fingerprint density at radius 1 is 1.11 bits per heavy atom. The van der Waals surface area contributed by atoms with Gasteiger partial charge in [0.2, 0.25) is 0 Å². The van der Waals surface area contributed by atoms with Crippen molar-refractivity contribution in [2.45, 2.75) is 12.7 Å². The number of benzene rings is 2. The van der Waals surface area contributed by atoms with Crippen LogP contribution >= 0.6 is 0 Å². The Kier molecular flexibility index (Phi) is 3.38.